The Hall–Kier alpha value is -3.73. The van der Waals surface area contributed by atoms with Crippen LogP contribution >= 0.6 is 24.0 Å². The number of piperidine rings is 1. The molecular formula is C32H35Cl2F2N5O3. The lowest BCUT2D eigenvalue weighted by molar-refractivity contribution is -0.126. The second-order valence-electron chi connectivity index (χ2n) is 11.4. The summed E-state index contributed by atoms with van der Waals surface area (Å²) in [5, 5.41) is 13.6. The van der Waals surface area contributed by atoms with E-state index in [4.69, 9.17) is 21.3 Å². The Morgan fingerprint density at radius 1 is 1.09 bits per heavy atom. The highest BCUT2D eigenvalue weighted by Crippen LogP contribution is 2.36. The summed E-state index contributed by atoms with van der Waals surface area (Å²) in [5.41, 5.74) is 2.51. The van der Waals surface area contributed by atoms with Crippen molar-refractivity contribution in [3.63, 3.8) is 0 Å². The quantitative estimate of drug-likeness (QED) is 0.185. The van der Waals surface area contributed by atoms with Gasteiger partial charge in [-0.15, -0.1) is 12.4 Å². The van der Waals surface area contributed by atoms with Crippen LogP contribution in [0.1, 0.15) is 32.5 Å². The lowest BCUT2D eigenvalue weighted by Gasteiger charge is -2.32. The topological polar surface area (TPSA) is 103 Å². The fraction of sp³-hybridized carbons (Fsp3) is 0.344. The molecule has 0 aliphatic carbocycles. The van der Waals surface area contributed by atoms with Gasteiger partial charge in [-0.2, -0.15) is 0 Å². The van der Waals surface area contributed by atoms with Crippen LogP contribution < -0.4 is 10.1 Å². The molecule has 3 heterocycles. The maximum Gasteiger partial charge on any atom is 0.223 e. The molecule has 0 spiro atoms. The Labute approximate surface area is 266 Å². The molecule has 2 aromatic carbocycles. The molecule has 44 heavy (non-hydrogen) atoms. The van der Waals surface area contributed by atoms with Crippen molar-refractivity contribution in [3.8, 4) is 34.0 Å². The minimum atomic E-state index is -0.934. The number of benzene rings is 2. The molecule has 0 atom stereocenters. The molecule has 0 radical (unpaired) electrons. The lowest BCUT2D eigenvalue weighted by Crippen LogP contribution is -2.44. The second-order valence-corrected chi connectivity index (χ2v) is 11.8. The highest BCUT2D eigenvalue weighted by molar-refractivity contribution is 6.32. The monoisotopic (exact) mass is 645 g/mol. The predicted molar refractivity (Wildman–Crippen MR) is 168 cm³/mol. The highest BCUT2D eigenvalue weighted by Gasteiger charge is 2.30. The average Bonchev–Trinajstić information content (AvgIpc) is 3.47. The van der Waals surface area contributed by atoms with Crippen LogP contribution in [0.15, 0.2) is 60.9 Å². The number of phenolic OH excluding ortho intramolecular Hbond substituents is 1. The number of likely N-dealkylation sites (tertiary alicyclic amines) is 1. The van der Waals surface area contributed by atoms with Crippen LogP contribution in [0.5, 0.6) is 11.5 Å². The Morgan fingerprint density at radius 2 is 1.82 bits per heavy atom. The van der Waals surface area contributed by atoms with Crippen LogP contribution in [0.3, 0.4) is 0 Å². The maximum atomic E-state index is 13.4. The van der Waals surface area contributed by atoms with E-state index in [1.807, 2.05) is 32.0 Å². The van der Waals surface area contributed by atoms with Gasteiger partial charge in [-0.1, -0.05) is 31.5 Å². The Morgan fingerprint density at radius 3 is 2.50 bits per heavy atom. The number of pyridine rings is 1. The summed E-state index contributed by atoms with van der Waals surface area (Å²) < 4.78 is 32.0. The zero-order valence-electron chi connectivity index (χ0n) is 24.4. The number of halogens is 4. The number of rotatable bonds is 10. The highest BCUT2D eigenvalue weighted by atomic mass is 35.5. The van der Waals surface area contributed by atoms with Crippen molar-refractivity contribution in [1.82, 2.24) is 25.2 Å². The van der Waals surface area contributed by atoms with E-state index < -0.39 is 17.0 Å². The fourth-order valence-corrected chi connectivity index (χ4v) is 5.22. The zero-order valence-corrected chi connectivity index (χ0v) is 26.0. The van der Waals surface area contributed by atoms with E-state index in [0.717, 1.165) is 36.5 Å². The molecule has 2 aromatic heterocycles. The number of carbonyl (C=O) groups is 1. The van der Waals surface area contributed by atoms with E-state index >= 15 is 0 Å². The van der Waals surface area contributed by atoms with Gasteiger partial charge in [-0.05, 0) is 62.3 Å². The third-order valence-electron chi connectivity index (χ3n) is 7.76. The third kappa shape index (κ3) is 7.85. The molecule has 1 amide bonds. The van der Waals surface area contributed by atoms with Crippen LogP contribution in [0, 0.1) is 17.6 Å². The molecule has 5 rings (SSSR count). The summed E-state index contributed by atoms with van der Waals surface area (Å²) in [6.07, 6.45) is 4.84. The van der Waals surface area contributed by atoms with Gasteiger partial charge in [0.25, 0.3) is 0 Å². The number of nitrogens with one attached hydrogen (secondary N) is 2. The minimum absolute atomic E-state index is 0. The molecule has 1 aliphatic rings. The van der Waals surface area contributed by atoms with Gasteiger partial charge in [0.15, 0.2) is 11.6 Å². The first-order chi connectivity index (χ1) is 20.6. The molecule has 12 heteroatoms. The van der Waals surface area contributed by atoms with E-state index in [9.17, 15) is 18.7 Å². The van der Waals surface area contributed by atoms with Gasteiger partial charge in [-0.3, -0.25) is 14.7 Å². The standard InChI is InChI=1S/C32H34ClF2N5O3.ClH/c1-32(2,31-38-28(20-7-11-36-12-8-20)29(39-31)22-3-5-24(33)27(41)17-22)19-37-30(42)21-9-13-40(14-10-21)15-16-43-23-4-6-25(34)26(35)18-23;/h3-8,11-12,17-18,21,41H,9-10,13-16,19H2,1-2H3,(H,37,42)(H,38,39);1H. The van der Waals surface area contributed by atoms with Crippen LogP contribution in [-0.2, 0) is 10.2 Å². The maximum absolute atomic E-state index is 13.4. The van der Waals surface area contributed by atoms with E-state index in [-0.39, 0.29) is 35.0 Å². The first-order valence-electron chi connectivity index (χ1n) is 14.2. The number of ether oxygens (including phenoxy) is 1. The molecular weight excluding hydrogens is 611 g/mol. The number of hydrogen-bond acceptors (Lipinski definition) is 6. The Balaban J connectivity index is 0.00000442. The number of amides is 1. The number of phenols is 1. The van der Waals surface area contributed by atoms with Gasteiger partial charge >= 0.3 is 0 Å². The summed E-state index contributed by atoms with van der Waals surface area (Å²) in [5.74, 6) is -0.976. The number of carbonyl (C=O) groups excluding carboxylic acids is 1. The molecule has 1 fully saturated rings. The van der Waals surface area contributed by atoms with Crippen LogP contribution in [0.25, 0.3) is 22.5 Å². The van der Waals surface area contributed by atoms with Crippen LogP contribution in [0.2, 0.25) is 5.02 Å². The second kappa shape index (κ2) is 14.4. The van der Waals surface area contributed by atoms with E-state index in [1.165, 1.54) is 6.07 Å². The molecule has 0 saturated carbocycles. The molecule has 234 valence electrons. The summed E-state index contributed by atoms with van der Waals surface area (Å²) in [6.45, 7) is 6.87. The van der Waals surface area contributed by atoms with E-state index in [2.05, 4.69) is 20.2 Å². The fourth-order valence-electron chi connectivity index (χ4n) is 5.10. The van der Waals surface area contributed by atoms with Gasteiger partial charge in [0.05, 0.1) is 16.4 Å². The van der Waals surface area contributed by atoms with Crippen molar-refractivity contribution in [2.75, 3.05) is 32.8 Å². The van der Waals surface area contributed by atoms with Gasteiger partial charge in [0.2, 0.25) is 5.91 Å². The first-order valence-corrected chi connectivity index (χ1v) is 14.6. The molecule has 1 saturated heterocycles. The van der Waals surface area contributed by atoms with E-state index in [0.29, 0.717) is 55.4 Å². The number of imidazole rings is 1. The normalized spacial score (nSPS) is 14.2. The van der Waals surface area contributed by atoms with Crippen molar-refractivity contribution in [2.45, 2.75) is 32.1 Å². The molecule has 4 aromatic rings. The van der Waals surface area contributed by atoms with E-state index in [1.54, 1.807) is 24.5 Å². The smallest absolute Gasteiger partial charge is 0.223 e. The number of hydrogen-bond donors (Lipinski definition) is 3. The van der Waals surface area contributed by atoms with Crippen molar-refractivity contribution in [3.05, 3.63) is 83.4 Å². The Kier molecular flexibility index (Phi) is 10.8. The minimum Gasteiger partial charge on any atom is -0.506 e. The van der Waals surface area contributed by atoms with Gasteiger partial charge in [-0.25, -0.2) is 13.8 Å². The largest absolute Gasteiger partial charge is 0.506 e. The third-order valence-corrected chi connectivity index (χ3v) is 8.08. The number of aromatic hydroxyl groups is 1. The van der Waals surface area contributed by atoms with Crippen molar-refractivity contribution < 1.29 is 23.4 Å². The number of H-pyrrole nitrogens is 1. The van der Waals surface area contributed by atoms with Crippen LogP contribution in [-0.4, -0.2) is 63.7 Å². The predicted octanol–water partition coefficient (Wildman–Crippen LogP) is 6.38. The molecule has 0 unspecified atom stereocenters. The summed E-state index contributed by atoms with van der Waals surface area (Å²) >= 11 is 6.04. The number of aromatic nitrogens is 3. The SMILES string of the molecule is CC(C)(CNC(=O)C1CCN(CCOc2ccc(F)c(F)c2)CC1)c1nc(-c2ccc(Cl)c(O)c2)c(-c2ccncc2)[nH]1.Cl. The number of aromatic amines is 1. The van der Waals surface area contributed by atoms with Gasteiger partial charge < -0.3 is 20.1 Å². The molecule has 1 aliphatic heterocycles. The van der Waals surface area contributed by atoms with Crippen molar-refractivity contribution >= 4 is 29.9 Å². The molecule has 8 nitrogen and oxygen atoms in total. The average molecular weight is 647 g/mol. The molecule has 3 N–H and O–H groups in total. The van der Waals surface area contributed by atoms with Gasteiger partial charge in [0.1, 0.15) is 23.9 Å². The molecule has 0 bridgehead atoms. The van der Waals surface area contributed by atoms with Crippen LogP contribution in [0.4, 0.5) is 8.78 Å². The first kappa shape index (κ1) is 33.2. The van der Waals surface area contributed by atoms with Crippen molar-refractivity contribution in [2.24, 2.45) is 5.92 Å². The lowest BCUT2D eigenvalue weighted by atomic mass is 9.91. The zero-order chi connectivity index (χ0) is 30.6. The summed E-state index contributed by atoms with van der Waals surface area (Å²) in [6, 6.07) is 12.3. The van der Waals surface area contributed by atoms with Crippen molar-refractivity contribution in [1.29, 1.82) is 0 Å². The summed E-state index contributed by atoms with van der Waals surface area (Å²) in [4.78, 5) is 27.8. The Bertz CT molecular complexity index is 1580. The van der Waals surface area contributed by atoms with Gasteiger partial charge in [0, 0.05) is 54.0 Å². The summed E-state index contributed by atoms with van der Waals surface area (Å²) in [7, 11) is 0. The number of nitrogens with zero attached hydrogens (tertiary/aromatic N) is 3.